The van der Waals surface area contributed by atoms with Crippen LogP contribution in [-0.4, -0.2) is 47.4 Å². The van der Waals surface area contributed by atoms with Gasteiger partial charge in [-0.25, -0.2) is 4.68 Å². The van der Waals surface area contributed by atoms with Gasteiger partial charge < -0.3 is 9.64 Å². The zero-order valence-electron chi connectivity index (χ0n) is 11.3. The molecule has 0 bridgehead atoms. The lowest BCUT2D eigenvalue weighted by molar-refractivity contribution is 0.0563. The van der Waals surface area contributed by atoms with E-state index >= 15 is 0 Å². The normalized spacial score (nSPS) is 19.5. The van der Waals surface area contributed by atoms with Crippen molar-refractivity contribution in [2.75, 3.05) is 26.8 Å². The van der Waals surface area contributed by atoms with Gasteiger partial charge in [0.25, 0.3) is 11.5 Å². The van der Waals surface area contributed by atoms with Crippen molar-refractivity contribution in [1.29, 1.82) is 0 Å². The lowest BCUT2D eigenvalue weighted by Crippen LogP contribution is -2.42. The molecule has 1 aliphatic rings. The smallest absolute Gasteiger partial charge is 0.274 e. The van der Waals surface area contributed by atoms with Crippen LogP contribution < -0.4 is 5.56 Å². The standard InChI is InChI=1S/C13H19N3O3/c1-15-12(17)6-5-11(14-15)13(18)16-7-3-4-10(8-16)9-19-2/h5-6,10H,3-4,7-9H2,1-2H3. The van der Waals surface area contributed by atoms with Gasteiger partial charge in [-0.1, -0.05) is 0 Å². The Bertz CT molecular complexity index is 510. The van der Waals surface area contributed by atoms with E-state index in [1.54, 1.807) is 19.1 Å². The van der Waals surface area contributed by atoms with Gasteiger partial charge in [0.1, 0.15) is 5.69 Å². The maximum absolute atomic E-state index is 12.3. The van der Waals surface area contributed by atoms with Crippen LogP contribution in [-0.2, 0) is 11.8 Å². The number of aromatic nitrogens is 2. The summed E-state index contributed by atoms with van der Waals surface area (Å²) >= 11 is 0. The number of hydrogen-bond acceptors (Lipinski definition) is 4. The molecule has 0 spiro atoms. The number of nitrogens with zero attached hydrogens (tertiary/aromatic N) is 3. The molecule has 104 valence electrons. The van der Waals surface area contributed by atoms with E-state index in [4.69, 9.17) is 4.74 Å². The first-order chi connectivity index (χ1) is 9.11. The van der Waals surface area contributed by atoms with Crippen molar-refractivity contribution >= 4 is 5.91 Å². The quantitative estimate of drug-likeness (QED) is 0.787. The lowest BCUT2D eigenvalue weighted by Gasteiger charge is -2.32. The minimum absolute atomic E-state index is 0.114. The maximum atomic E-state index is 12.3. The van der Waals surface area contributed by atoms with E-state index in [0.717, 1.165) is 19.4 Å². The Morgan fingerprint density at radius 2 is 2.32 bits per heavy atom. The fourth-order valence-electron chi connectivity index (χ4n) is 2.40. The third-order valence-electron chi connectivity index (χ3n) is 3.39. The molecule has 0 aliphatic carbocycles. The molecule has 0 saturated carbocycles. The molecule has 1 aliphatic heterocycles. The highest BCUT2D eigenvalue weighted by atomic mass is 16.5. The van der Waals surface area contributed by atoms with Crippen LogP contribution in [0.4, 0.5) is 0 Å². The molecule has 0 radical (unpaired) electrons. The number of aryl methyl sites for hydroxylation is 1. The molecule has 1 fully saturated rings. The fraction of sp³-hybridized carbons (Fsp3) is 0.615. The molecule has 1 aromatic heterocycles. The number of carbonyl (C=O) groups is 1. The molecule has 1 atom stereocenters. The highest BCUT2D eigenvalue weighted by Gasteiger charge is 2.25. The van der Waals surface area contributed by atoms with Gasteiger partial charge in [0.2, 0.25) is 0 Å². The van der Waals surface area contributed by atoms with Crippen LogP contribution in [0.5, 0.6) is 0 Å². The van der Waals surface area contributed by atoms with Crippen molar-refractivity contribution in [2.45, 2.75) is 12.8 Å². The first kappa shape index (κ1) is 13.7. The molecular formula is C13H19N3O3. The molecule has 0 aromatic carbocycles. The molecule has 1 unspecified atom stereocenters. The molecule has 2 rings (SSSR count). The SMILES string of the molecule is COCC1CCCN(C(=O)c2ccc(=O)n(C)n2)C1. The highest BCUT2D eigenvalue weighted by Crippen LogP contribution is 2.18. The summed E-state index contributed by atoms with van der Waals surface area (Å²) in [7, 11) is 3.22. The summed E-state index contributed by atoms with van der Waals surface area (Å²) in [6, 6.07) is 2.86. The van der Waals surface area contributed by atoms with Crippen LogP contribution in [0.2, 0.25) is 0 Å². The number of piperidine rings is 1. The first-order valence-corrected chi connectivity index (χ1v) is 6.44. The van der Waals surface area contributed by atoms with Crippen molar-refractivity contribution in [3.63, 3.8) is 0 Å². The Morgan fingerprint density at radius 1 is 1.53 bits per heavy atom. The maximum Gasteiger partial charge on any atom is 0.274 e. The summed E-state index contributed by atoms with van der Waals surface area (Å²) in [5.41, 5.74) is 0.104. The Labute approximate surface area is 112 Å². The summed E-state index contributed by atoms with van der Waals surface area (Å²) in [6.45, 7) is 2.10. The van der Waals surface area contributed by atoms with Crippen LogP contribution in [0.15, 0.2) is 16.9 Å². The number of rotatable bonds is 3. The van der Waals surface area contributed by atoms with Crippen LogP contribution in [0.1, 0.15) is 23.3 Å². The Hall–Kier alpha value is -1.69. The highest BCUT2D eigenvalue weighted by molar-refractivity contribution is 5.92. The minimum atomic E-state index is -0.215. The van der Waals surface area contributed by atoms with E-state index in [1.807, 2.05) is 0 Å². The third kappa shape index (κ3) is 3.20. The number of likely N-dealkylation sites (tertiary alicyclic amines) is 1. The van der Waals surface area contributed by atoms with Gasteiger partial charge in [-0.05, 0) is 24.8 Å². The number of hydrogen-bond donors (Lipinski definition) is 0. The minimum Gasteiger partial charge on any atom is -0.384 e. The number of carbonyl (C=O) groups excluding carboxylic acids is 1. The van der Waals surface area contributed by atoms with E-state index in [1.165, 1.54) is 16.8 Å². The third-order valence-corrected chi connectivity index (χ3v) is 3.39. The number of methoxy groups -OCH3 is 1. The zero-order chi connectivity index (χ0) is 13.8. The van der Waals surface area contributed by atoms with E-state index < -0.39 is 0 Å². The Kier molecular flexibility index (Phi) is 4.31. The molecule has 19 heavy (non-hydrogen) atoms. The average Bonchev–Trinajstić information content (AvgIpc) is 2.42. The second-order valence-corrected chi connectivity index (χ2v) is 4.90. The van der Waals surface area contributed by atoms with Crippen LogP contribution in [0, 0.1) is 5.92 Å². The first-order valence-electron chi connectivity index (χ1n) is 6.44. The molecule has 0 N–H and O–H groups in total. The largest absolute Gasteiger partial charge is 0.384 e. The van der Waals surface area contributed by atoms with Crippen molar-refractivity contribution in [2.24, 2.45) is 13.0 Å². The summed E-state index contributed by atoms with van der Waals surface area (Å²) in [4.78, 5) is 25.4. The van der Waals surface area contributed by atoms with Crippen molar-refractivity contribution in [3.05, 3.63) is 28.2 Å². The summed E-state index contributed by atoms with van der Waals surface area (Å²) < 4.78 is 6.34. The van der Waals surface area contributed by atoms with Crippen LogP contribution in [0.25, 0.3) is 0 Å². The second kappa shape index (κ2) is 5.97. The van der Waals surface area contributed by atoms with Gasteiger partial charge in [-0.2, -0.15) is 5.10 Å². The molecule has 1 saturated heterocycles. The Morgan fingerprint density at radius 3 is 3.00 bits per heavy atom. The van der Waals surface area contributed by atoms with Crippen LogP contribution in [0.3, 0.4) is 0 Å². The molecular weight excluding hydrogens is 246 g/mol. The van der Waals surface area contributed by atoms with Gasteiger partial charge in [-0.3, -0.25) is 9.59 Å². The summed E-state index contributed by atoms with van der Waals surface area (Å²) in [5, 5.41) is 4.00. The topological polar surface area (TPSA) is 64.4 Å². The van der Waals surface area contributed by atoms with Crippen molar-refractivity contribution < 1.29 is 9.53 Å². The van der Waals surface area contributed by atoms with Crippen LogP contribution >= 0.6 is 0 Å². The van der Waals surface area contributed by atoms with E-state index in [0.29, 0.717) is 24.8 Å². The van der Waals surface area contributed by atoms with Gasteiger partial charge in [0.05, 0.1) is 6.61 Å². The Balaban J connectivity index is 2.10. The molecule has 1 aromatic rings. The van der Waals surface area contributed by atoms with Gasteiger partial charge >= 0.3 is 0 Å². The fourth-order valence-corrected chi connectivity index (χ4v) is 2.40. The monoisotopic (exact) mass is 265 g/mol. The zero-order valence-corrected chi connectivity index (χ0v) is 11.3. The van der Waals surface area contributed by atoms with E-state index in [9.17, 15) is 9.59 Å². The van der Waals surface area contributed by atoms with Crippen molar-refractivity contribution in [3.8, 4) is 0 Å². The number of ether oxygens (including phenoxy) is 1. The van der Waals surface area contributed by atoms with E-state index in [2.05, 4.69) is 5.10 Å². The van der Waals surface area contributed by atoms with Crippen molar-refractivity contribution in [1.82, 2.24) is 14.7 Å². The second-order valence-electron chi connectivity index (χ2n) is 4.90. The van der Waals surface area contributed by atoms with Gasteiger partial charge in [-0.15, -0.1) is 0 Å². The average molecular weight is 265 g/mol. The molecule has 6 heteroatoms. The predicted octanol–water partition coefficient (Wildman–Crippen LogP) is 0.279. The van der Waals surface area contributed by atoms with E-state index in [-0.39, 0.29) is 11.5 Å². The molecule has 6 nitrogen and oxygen atoms in total. The predicted molar refractivity (Wildman–Crippen MR) is 70.0 cm³/mol. The summed E-state index contributed by atoms with van der Waals surface area (Å²) in [6.07, 6.45) is 2.06. The molecule has 1 amide bonds. The lowest BCUT2D eigenvalue weighted by atomic mass is 9.99. The van der Waals surface area contributed by atoms with Gasteiger partial charge in [0, 0.05) is 33.3 Å². The van der Waals surface area contributed by atoms with Gasteiger partial charge in [0.15, 0.2) is 0 Å². The summed E-state index contributed by atoms with van der Waals surface area (Å²) in [5.74, 6) is 0.270. The number of amides is 1. The molecule has 2 heterocycles.